The molecule has 5 aliphatic rings. The van der Waals surface area contributed by atoms with E-state index in [1.807, 2.05) is 0 Å². The van der Waals surface area contributed by atoms with Crippen LogP contribution in [0.4, 0.5) is 0 Å². The van der Waals surface area contributed by atoms with Crippen LogP contribution in [0, 0.1) is 33.5 Å². The highest BCUT2D eigenvalue weighted by atomic mass is 16.7. The van der Waals surface area contributed by atoms with Crippen LogP contribution in [0.25, 0.3) is 0 Å². The molecule has 0 unspecified atom stereocenters. The molecule has 1 heterocycles. The Hall–Kier alpha value is -3.55. The topological polar surface area (TPSA) is 184 Å². The molecule has 5 fully saturated rings. The number of Topliss-reactive ketones (excluding diaryl/α,β-unsaturated/α-hetero) is 1. The lowest BCUT2D eigenvalue weighted by molar-refractivity contribution is -0.300. The summed E-state index contributed by atoms with van der Waals surface area (Å²) in [6, 6.07) is 0. The Morgan fingerprint density at radius 1 is 0.704 bits per heavy atom. The highest BCUT2D eigenvalue weighted by molar-refractivity contribution is 5.88. The second-order valence-corrected chi connectivity index (χ2v) is 17.2. The van der Waals surface area contributed by atoms with Gasteiger partial charge in [-0.1, -0.05) is 20.3 Å². The van der Waals surface area contributed by atoms with Gasteiger partial charge in [-0.2, -0.15) is 0 Å². The van der Waals surface area contributed by atoms with Crippen molar-refractivity contribution in [2.24, 2.45) is 33.5 Å². The molecular weight excluding hydrogens is 704 g/mol. The molecule has 11 atom stereocenters. The molecule has 5 rings (SSSR count). The van der Waals surface area contributed by atoms with Gasteiger partial charge in [-0.15, -0.1) is 0 Å². The molecule has 0 aromatic carbocycles. The fourth-order valence-electron chi connectivity index (χ4n) is 11.1. The van der Waals surface area contributed by atoms with Gasteiger partial charge in [0.2, 0.25) is 12.4 Å². The Balaban J connectivity index is 1.13. The summed E-state index contributed by atoms with van der Waals surface area (Å²) in [4.78, 5) is 87.5. The van der Waals surface area contributed by atoms with Crippen molar-refractivity contribution in [2.45, 2.75) is 163 Å². The first-order valence-electron chi connectivity index (χ1n) is 19.5. The number of hydrogen-bond donors (Lipinski definition) is 0. The van der Waals surface area contributed by atoms with Gasteiger partial charge in [0.1, 0.15) is 18.5 Å². The van der Waals surface area contributed by atoms with Gasteiger partial charge in [-0.25, -0.2) is 0 Å². The van der Waals surface area contributed by atoms with Gasteiger partial charge in [0.15, 0.2) is 12.2 Å². The third kappa shape index (κ3) is 8.48. The summed E-state index contributed by atoms with van der Waals surface area (Å²) in [5.74, 6) is -2.83. The molecule has 1 saturated heterocycles. The Kier molecular flexibility index (Phi) is 12.5. The average molecular weight is 763 g/mol. The summed E-state index contributed by atoms with van der Waals surface area (Å²) < 4.78 is 38.5. The number of carbonyl (C=O) groups excluding carboxylic acids is 7. The first-order chi connectivity index (χ1) is 25.3. The van der Waals surface area contributed by atoms with Gasteiger partial charge in [0.05, 0.1) is 12.0 Å². The first kappa shape index (κ1) is 41.6. The highest BCUT2D eigenvalue weighted by Gasteiger charge is 2.68. The summed E-state index contributed by atoms with van der Waals surface area (Å²) >= 11 is 0. The monoisotopic (exact) mass is 762 g/mol. The van der Waals surface area contributed by atoms with Crippen LogP contribution in [0.15, 0.2) is 0 Å². The molecule has 1 aliphatic heterocycles. The van der Waals surface area contributed by atoms with E-state index in [-0.39, 0.29) is 41.2 Å². The molecule has 302 valence electrons. The second kappa shape index (κ2) is 16.3. The number of esters is 6. The quantitative estimate of drug-likeness (QED) is 0.137. The number of ether oxygens (including phenoxy) is 7. The summed E-state index contributed by atoms with van der Waals surface area (Å²) in [5, 5.41) is 0. The van der Waals surface area contributed by atoms with Crippen LogP contribution in [0.2, 0.25) is 0 Å². The molecule has 0 N–H and O–H groups in total. The zero-order valence-corrected chi connectivity index (χ0v) is 32.9. The Bertz CT molecular complexity index is 1490. The van der Waals surface area contributed by atoms with E-state index < -0.39 is 72.6 Å². The van der Waals surface area contributed by atoms with Crippen molar-refractivity contribution in [3.05, 3.63) is 0 Å². The predicted octanol–water partition coefficient (Wildman–Crippen LogP) is 5.09. The third-order valence-corrected chi connectivity index (χ3v) is 13.3. The predicted molar refractivity (Wildman–Crippen MR) is 188 cm³/mol. The maximum atomic E-state index is 13.8. The van der Waals surface area contributed by atoms with Crippen molar-refractivity contribution in [1.82, 2.24) is 0 Å². The van der Waals surface area contributed by atoms with Crippen molar-refractivity contribution in [3.63, 3.8) is 0 Å². The lowest BCUT2D eigenvalue weighted by Gasteiger charge is -2.63. The molecule has 4 aliphatic carbocycles. The van der Waals surface area contributed by atoms with Crippen LogP contribution in [0.3, 0.4) is 0 Å². The molecule has 0 aromatic heterocycles. The van der Waals surface area contributed by atoms with Crippen molar-refractivity contribution < 1.29 is 66.7 Å². The van der Waals surface area contributed by atoms with Gasteiger partial charge in [-0.05, 0) is 93.8 Å². The summed E-state index contributed by atoms with van der Waals surface area (Å²) in [7, 11) is 0. The molecule has 0 radical (unpaired) electrons. The molecule has 54 heavy (non-hydrogen) atoms. The summed E-state index contributed by atoms with van der Waals surface area (Å²) in [6.45, 7) is 10.9. The van der Waals surface area contributed by atoms with E-state index in [0.29, 0.717) is 37.4 Å². The van der Waals surface area contributed by atoms with E-state index >= 15 is 0 Å². The normalized spacial score (nSPS) is 38.2. The summed E-state index contributed by atoms with van der Waals surface area (Å²) in [6.07, 6.45) is 2.73. The lowest BCUT2D eigenvalue weighted by atomic mass is 9.40. The maximum Gasteiger partial charge on any atom is 0.312 e. The lowest BCUT2D eigenvalue weighted by Crippen LogP contribution is -2.63. The molecule has 1 spiro atoms. The van der Waals surface area contributed by atoms with E-state index in [2.05, 4.69) is 20.8 Å². The molecule has 14 heteroatoms. The van der Waals surface area contributed by atoms with Gasteiger partial charge < -0.3 is 33.2 Å². The van der Waals surface area contributed by atoms with Crippen LogP contribution in [-0.2, 0) is 66.7 Å². The van der Waals surface area contributed by atoms with Crippen LogP contribution in [0.1, 0.15) is 132 Å². The molecule has 4 saturated carbocycles. The third-order valence-electron chi connectivity index (χ3n) is 13.3. The highest BCUT2D eigenvalue weighted by Crippen LogP contribution is 2.73. The number of ketones is 1. The Labute approximate surface area is 317 Å². The minimum Gasteiger partial charge on any atom is -0.465 e. The minimum absolute atomic E-state index is 0.00681. The number of hydrogen-bond acceptors (Lipinski definition) is 14. The molecule has 0 aromatic rings. The van der Waals surface area contributed by atoms with Gasteiger partial charge >= 0.3 is 35.8 Å². The fraction of sp³-hybridized carbons (Fsp3) is 0.825. The standard InChI is InChI=1S/C40H58O14/c1-23(41)49-21-27-32(50-24(2)42)33(51-25(3)43)34(52-26(4)44)35(53-27)54-31(46)12-9-8-10-19-48-36(47)39(7)16-11-15-38(6)28(39)14-18-40-20-30(45)37(5,22-40)17-13-29(38)40/h27-29,32-35H,8-22H2,1-7H3/t27-,28+,29+,32+,33+,34-,35+,37+,38-,39-,40+/m1/s1. The fourth-order valence-corrected chi connectivity index (χ4v) is 11.1. The second-order valence-electron chi connectivity index (χ2n) is 17.2. The van der Waals surface area contributed by atoms with Crippen molar-refractivity contribution in [1.29, 1.82) is 0 Å². The molecular formula is C40H58O14. The van der Waals surface area contributed by atoms with Gasteiger partial charge in [0, 0.05) is 46.0 Å². The van der Waals surface area contributed by atoms with Crippen LogP contribution in [0.5, 0.6) is 0 Å². The number of carbonyl (C=O) groups is 7. The van der Waals surface area contributed by atoms with E-state index in [4.69, 9.17) is 33.2 Å². The van der Waals surface area contributed by atoms with Gasteiger partial charge in [0.25, 0.3) is 0 Å². The zero-order chi connectivity index (χ0) is 39.6. The number of unbranched alkanes of at least 4 members (excludes halogenated alkanes) is 2. The first-order valence-corrected chi connectivity index (χ1v) is 19.5. The van der Waals surface area contributed by atoms with Crippen molar-refractivity contribution in [2.75, 3.05) is 13.2 Å². The maximum absolute atomic E-state index is 13.8. The average Bonchev–Trinajstić information content (AvgIpc) is 3.25. The minimum atomic E-state index is -1.58. The molecule has 0 amide bonds. The van der Waals surface area contributed by atoms with Crippen molar-refractivity contribution in [3.8, 4) is 0 Å². The Morgan fingerprint density at radius 3 is 2.02 bits per heavy atom. The van der Waals surface area contributed by atoms with Crippen molar-refractivity contribution >= 4 is 41.6 Å². The van der Waals surface area contributed by atoms with Crippen LogP contribution >= 0.6 is 0 Å². The largest absolute Gasteiger partial charge is 0.465 e. The van der Waals surface area contributed by atoms with Crippen LogP contribution in [-0.4, -0.2) is 85.5 Å². The van der Waals surface area contributed by atoms with Gasteiger partial charge in [-0.3, -0.25) is 33.6 Å². The molecule has 2 bridgehead atoms. The number of fused-ring (bicyclic) bond motifs is 3. The van der Waals surface area contributed by atoms with E-state index in [0.717, 1.165) is 79.1 Å². The summed E-state index contributed by atoms with van der Waals surface area (Å²) in [5.41, 5.74) is -0.701. The number of rotatable bonds is 13. The van der Waals surface area contributed by atoms with E-state index in [9.17, 15) is 33.6 Å². The van der Waals surface area contributed by atoms with E-state index in [1.165, 1.54) is 0 Å². The smallest absolute Gasteiger partial charge is 0.312 e. The zero-order valence-electron chi connectivity index (χ0n) is 32.9. The van der Waals surface area contributed by atoms with Crippen LogP contribution < -0.4 is 0 Å². The molecule has 14 nitrogen and oxygen atoms in total. The SMILES string of the molecule is CC(=O)OC[C@H]1O[C@@H](OC(=O)CCCCCOC(=O)[C@]2(C)CCC[C@@]3(C)[C@@H]4CC[C@@]5(C)C[C@]4(CC[C@@H]32)CC5=O)[C@H](OC(C)=O)[C@@H](OC(C)=O)[C@H]1OC(C)=O. The Morgan fingerprint density at radius 2 is 1.35 bits per heavy atom. The van der Waals surface area contributed by atoms with E-state index in [1.54, 1.807) is 0 Å².